The highest BCUT2D eigenvalue weighted by Crippen LogP contribution is 2.30. The highest BCUT2D eigenvalue weighted by Gasteiger charge is 2.30. The van der Waals surface area contributed by atoms with Crippen LogP contribution in [-0.2, 0) is 27.5 Å². The number of esters is 1. The van der Waals surface area contributed by atoms with Gasteiger partial charge in [-0.15, -0.1) is 0 Å². The van der Waals surface area contributed by atoms with Crippen molar-refractivity contribution in [2.45, 2.75) is 37.6 Å². The maximum absolute atomic E-state index is 12.8. The van der Waals surface area contributed by atoms with Gasteiger partial charge >= 0.3 is 12.1 Å². The van der Waals surface area contributed by atoms with Gasteiger partial charge in [-0.1, -0.05) is 12.1 Å². The fraction of sp³-hybridized carbons (Fsp3) is 0.278. The van der Waals surface area contributed by atoms with E-state index < -0.39 is 34.3 Å². The van der Waals surface area contributed by atoms with Gasteiger partial charge in [-0.05, 0) is 65.7 Å². The van der Waals surface area contributed by atoms with Crippen molar-refractivity contribution in [1.29, 1.82) is 0 Å². The summed E-state index contributed by atoms with van der Waals surface area (Å²) in [5, 5.41) is 0. The van der Waals surface area contributed by atoms with Crippen molar-refractivity contribution in [1.82, 2.24) is 4.72 Å². The molecule has 0 bridgehead atoms. The molecule has 2 aromatic rings. The Hall–Kier alpha value is -1.91. The van der Waals surface area contributed by atoms with Gasteiger partial charge in [0.2, 0.25) is 10.0 Å². The molecule has 0 saturated heterocycles. The number of benzene rings is 2. The molecule has 0 aliphatic carbocycles. The summed E-state index contributed by atoms with van der Waals surface area (Å²) < 4.78 is 70.5. The highest BCUT2D eigenvalue weighted by atomic mass is 79.9. The Balaban J connectivity index is 2.20. The van der Waals surface area contributed by atoms with E-state index in [0.717, 1.165) is 18.2 Å². The minimum absolute atomic E-state index is 0.0568. The topological polar surface area (TPSA) is 72.5 Å². The lowest BCUT2D eigenvalue weighted by molar-refractivity contribution is -0.137. The van der Waals surface area contributed by atoms with E-state index in [1.54, 1.807) is 13.8 Å². The summed E-state index contributed by atoms with van der Waals surface area (Å²) >= 11 is 3.15. The predicted molar refractivity (Wildman–Crippen MR) is 100 cm³/mol. The van der Waals surface area contributed by atoms with Gasteiger partial charge in [-0.2, -0.15) is 13.2 Å². The first-order valence-corrected chi connectivity index (χ1v) is 10.3. The number of rotatable bonds is 6. The molecule has 0 unspecified atom stereocenters. The molecule has 0 amide bonds. The predicted octanol–water partition coefficient (Wildman–Crippen LogP) is 4.51. The standard InChI is InChI=1S/C18H17BrF3NO4S/c1-11(2)23-28(25,26)14-6-7-16(19)15(9-14)17(24)27-10-12-4-3-5-13(8-12)18(20,21)22/h3-9,11,23H,10H2,1-2H3. The SMILES string of the molecule is CC(C)NS(=O)(=O)c1ccc(Br)c(C(=O)OCc2cccc(C(F)(F)F)c2)c1. The molecule has 28 heavy (non-hydrogen) atoms. The summed E-state index contributed by atoms with van der Waals surface area (Å²) in [4.78, 5) is 12.2. The minimum Gasteiger partial charge on any atom is -0.457 e. The Labute approximate surface area is 169 Å². The van der Waals surface area contributed by atoms with Gasteiger partial charge in [-0.25, -0.2) is 17.9 Å². The molecular weight excluding hydrogens is 463 g/mol. The summed E-state index contributed by atoms with van der Waals surface area (Å²) in [6.45, 7) is 2.91. The summed E-state index contributed by atoms with van der Waals surface area (Å²) in [7, 11) is -3.83. The van der Waals surface area contributed by atoms with Gasteiger partial charge < -0.3 is 4.74 Å². The van der Waals surface area contributed by atoms with Crippen molar-refractivity contribution in [3.63, 3.8) is 0 Å². The van der Waals surface area contributed by atoms with E-state index in [1.807, 2.05) is 0 Å². The highest BCUT2D eigenvalue weighted by molar-refractivity contribution is 9.10. The van der Waals surface area contributed by atoms with Crippen LogP contribution in [0.5, 0.6) is 0 Å². The summed E-state index contributed by atoms with van der Waals surface area (Å²) in [5.41, 5.74) is -0.752. The second kappa shape index (κ2) is 8.62. The van der Waals surface area contributed by atoms with Gasteiger partial charge in [0.1, 0.15) is 6.61 Å². The molecule has 0 spiro atoms. The Bertz CT molecular complexity index is 975. The second-order valence-electron chi connectivity index (χ2n) is 6.19. The number of carbonyl (C=O) groups is 1. The molecule has 0 aliphatic rings. The molecule has 152 valence electrons. The third-order valence-electron chi connectivity index (χ3n) is 3.48. The zero-order chi connectivity index (χ0) is 21.1. The summed E-state index contributed by atoms with van der Waals surface area (Å²) in [6, 6.07) is 7.91. The molecule has 0 aliphatic heterocycles. The number of nitrogens with one attached hydrogen (secondary N) is 1. The zero-order valence-corrected chi connectivity index (χ0v) is 17.3. The van der Waals surface area contributed by atoms with E-state index in [0.29, 0.717) is 4.47 Å². The van der Waals surface area contributed by atoms with Gasteiger partial charge in [0, 0.05) is 10.5 Å². The maximum atomic E-state index is 12.8. The third kappa shape index (κ3) is 5.79. The molecule has 0 atom stereocenters. The fourth-order valence-electron chi connectivity index (χ4n) is 2.27. The molecule has 10 heteroatoms. The number of ether oxygens (including phenoxy) is 1. The van der Waals surface area contributed by atoms with Gasteiger partial charge in [0.15, 0.2) is 0 Å². The van der Waals surface area contributed by atoms with Crippen molar-refractivity contribution in [2.75, 3.05) is 0 Å². The summed E-state index contributed by atoms with van der Waals surface area (Å²) in [6.07, 6.45) is -4.50. The Morgan fingerprint density at radius 1 is 1.18 bits per heavy atom. The lowest BCUT2D eigenvalue weighted by Gasteiger charge is -2.12. The molecule has 0 aromatic heterocycles. The molecular formula is C18H17BrF3NO4S. The Kier molecular flexibility index (Phi) is 6.89. The van der Waals surface area contributed by atoms with Crippen LogP contribution in [0.3, 0.4) is 0 Å². The zero-order valence-electron chi connectivity index (χ0n) is 14.9. The molecule has 5 nitrogen and oxygen atoms in total. The van der Waals surface area contributed by atoms with Crippen LogP contribution in [0.1, 0.15) is 35.3 Å². The first-order chi connectivity index (χ1) is 12.9. The van der Waals surface area contributed by atoms with E-state index in [9.17, 15) is 26.4 Å². The normalized spacial score (nSPS) is 12.2. The Morgan fingerprint density at radius 3 is 2.46 bits per heavy atom. The largest absolute Gasteiger partial charge is 0.457 e. The molecule has 0 saturated carbocycles. The number of alkyl halides is 3. The van der Waals surface area contributed by atoms with E-state index >= 15 is 0 Å². The van der Waals surface area contributed by atoms with Crippen LogP contribution in [0.2, 0.25) is 0 Å². The lowest BCUT2D eigenvalue weighted by atomic mass is 10.1. The van der Waals surface area contributed by atoms with Crippen LogP contribution in [-0.4, -0.2) is 20.4 Å². The minimum atomic E-state index is -4.50. The van der Waals surface area contributed by atoms with E-state index in [-0.39, 0.29) is 22.1 Å². The molecule has 0 fully saturated rings. The molecule has 2 rings (SSSR count). The molecule has 0 radical (unpaired) electrons. The van der Waals surface area contributed by atoms with Gasteiger partial charge in [0.05, 0.1) is 16.0 Å². The van der Waals surface area contributed by atoms with E-state index in [4.69, 9.17) is 4.74 Å². The van der Waals surface area contributed by atoms with Crippen LogP contribution in [0, 0.1) is 0 Å². The average molecular weight is 480 g/mol. The van der Waals surface area contributed by atoms with Crippen LogP contribution >= 0.6 is 15.9 Å². The number of halogens is 4. The summed E-state index contributed by atoms with van der Waals surface area (Å²) in [5.74, 6) is -0.870. The van der Waals surface area contributed by atoms with E-state index in [1.165, 1.54) is 24.3 Å². The van der Waals surface area contributed by atoms with Crippen molar-refractivity contribution in [2.24, 2.45) is 0 Å². The van der Waals surface area contributed by atoms with Crippen LogP contribution in [0.15, 0.2) is 51.8 Å². The van der Waals surface area contributed by atoms with Crippen molar-refractivity contribution < 1.29 is 31.1 Å². The van der Waals surface area contributed by atoms with Crippen LogP contribution in [0.25, 0.3) is 0 Å². The maximum Gasteiger partial charge on any atom is 0.416 e. The second-order valence-corrected chi connectivity index (χ2v) is 8.76. The number of carbonyl (C=O) groups excluding carboxylic acids is 1. The molecule has 1 N–H and O–H groups in total. The average Bonchev–Trinajstić information content (AvgIpc) is 2.58. The van der Waals surface area contributed by atoms with Crippen molar-refractivity contribution >= 4 is 31.9 Å². The monoisotopic (exact) mass is 479 g/mol. The number of sulfonamides is 1. The van der Waals surface area contributed by atoms with Crippen LogP contribution in [0.4, 0.5) is 13.2 Å². The van der Waals surface area contributed by atoms with E-state index in [2.05, 4.69) is 20.7 Å². The molecule has 0 heterocycles. The lowest BCUT2D eigenvalue weighted by Crippen LogP contribution is -2.30. The van der Waals surface area contributed by atoms with Crippen molar-refractivity contribution in [3.8, 4) is 0 Å². The fourth-order valence-corrected chi connectivity index (χ4v) is 3.96. The van der Waals surface area contributed by atoms with Gasteiger partial charge in [-0.3, -0.25) is 0 Å². The number of hydrogen-bond acceptors (Lipinski definition) is 4. The van der Waals surface area contributed by atoms with Gasteiger partial charge in [0.25, 0.3) is 0 Å². The smallest absolute Gasteiger partial charge is 0.416 e. The quantitative estimate of drug-likeness (QED) is 0.618. The molecule has 2 aromatic carbocycles. The third-order valence-corrected chi connectivity index (χ3v) is 5.83. The number of hydrogen-bond donors (Lipinski definition) is 1. The first kappa shape index (κ1) is 22.4. The first-order valence-electron chi connectivity index (χ1n) is 8.05. The Morgan fingerprint density at radius 2 is 1.86 bits per heavy atom. The van der Waals surface area contributed by atoms with Crippen molar-refractivity contribution in [3.05, 3.63) is 63.6 Å². The van der Waals surface area contributed by atoms with Crippen LogP contribution < -0.4 is 4.72 Å².